The van der Waals surface area contributed by atoms with Gasteiger partial charge in [0.1, 0.15) is 11.4 Å². The zero-order valence-electron chi connectivity index (χ0n) is 20.8. The van der Waals surface area contributed by atoms with Crippen LogP contribution in [0.15, 0.2) is 72.8 Å². The van der Waals surface area contributed by atoms with Gasteiger partial charge in [-0.25, -0.2) is 0 Å². The lowest BCUT2D eigenvalue weighted by atomic mass is 10.0. The van der Waals surface area contributed by atoms with Gasteiger partial charge in [-0.15, -0.1) is 22.6 Å². The van der Waals surface area contributed by atoms with Crippen LogP contribution in [0, 0.1) is 11.3 Å². The van der Waals surface area contributed by atoms with E-state index in [1.165, 1.54) is 0 Å². The zero-order valence-corrected chi connectivity index (χ0v) is 21.6. The van der Waals surface area contributed by atoms with Gasteiger partial charge in [0.15, 0.2) is 5.82 Å². The molecule has 0 spiro atoms. The zero-order chi connectivity index (χ0) is 25.1. The molecule has 0 radical (unpaired) electrons. The van der Waals surface area contributed by atoms with Gasteiger partial charge in [-0.2, -0.15) is 5.26 Å². The second-order valence-electron chi connectivity index (χ2n) is 9.01. The van der Waals surface area contributed by atoms with E-state index in [1.54, 1.807) is 19.2 Å². The molecule has 0 bridgehead atoms. The van der Waals surface area contributed by atoms with E-state index in [-0.39, 0.29) is 24.4 Å². The van der Waals surface area contributed by atoms with Crippen molar-refractivity contribution in [2.45, 2.75) is 19.4 Å². The van der Waals surface area contributed by atoms with E-state index in [0.29, 0.717) is 31.6 Å². The first-order chi connectivity index (χ1) is 17.6. The van der Waals surface area contributed by atoms with Crippen LogP contribution in [0.3, 0.4) is 0 Å². The third kappa shape index (κ3) is 5.35. The highest BCUT2D eigenvalue weighted by molar-refractivity contribution is 6.00. The molecule has 1 amide bonds. The van der Waals surface area contributed by atoms with Crippen molar-refractivity contribution in [2.75, 3.05) is 31.6 Å². The average molecular weight is 514 g/mol. The van der Waals surface area contributed by atoms with Gasteiger partial charge in [0.05, 0.1) is 25.2 Å². The van der Waals surface area contributed by atoms with Gasteiger partial charge in [-0.1, -0.05) is 36.4 Å². The Labute approximate surface area is 222 Å². The number of fused-ring (bicyclic) bond motifs is 1. The average Bonchev–Trinajstić information content (AvgIpc) is 2.93. The van der Waals surface area contributed by atoms with E-state index in [0.717, 1.165) is 39.2 Å². The molecule has 0 N–H and O–H groups in total. The number of benzene rings is 3. The molecule has 0 saturated carbocycles. The minimum atomic E-state index is 0. The SMILES string of the molecule is COc1ccc(-c2nnc(N3CCN(C(=O)Cc4ccc(C#N)cc4)[C@@H](C)C3)c3ccccc23)cc1.Cl. The van der Waals surface area contributed by atoms with E-state index in [2.05, 4.69) is 40.2 Å². The molecule has 7 nitrogen and oxygen atoms in total. The van der Waals surface area contributed by atoms with Crippen molar-refractivity contribution in [3.05, 3.63) is 83.9 Å². The molecular weight excluding hydrogens is 486 g/mol. The molecule has 1 fully saturated rings. The molecule has 4 aromatic rings. The molecule has 1 atom stereocenters. The molecule has 0 unspecified atom stereocenters. The van der Waals surface area contributed by atoms with Gasteiger partial charge in [-0.05, 0) is 48.9 Å². The Morgan fingerprint density at radius 2 is 1.70 bits per heavy atom. The molecule has 3 aromatic carbocycles. The maximum Gasteiger partial charge on any atom is 0.227 e. The lowest BCUT2D eigenvalue weighted by molar-refractivity contribution is -0.132. The number of halogens is 1. The number of nitrogens with zero attached hydrogens (tertiary/aromatic N) is 5. The highest BCUT2D eigenvalue weighted by Gasteiger charge is 2.29. The first-order valence-corrected chi connectivity index (χ1v) is 12.0. The molecule has 2 heterocycles. The van der Waals surface area contributed by atoms with Crippen molar-refractivity contribution in [2.24, 2.45) is 0 Å². The third-order valence-corrected chi connectivity index (χ3v) is 6.72. The minimum absolute atomic E-state index is 0. The summed E-state index contributed by atoms with van der Waals surface area (Å²) in [7, 11) is 1.65. The van der Waals surface area contributed by atoms with Crippen molar-refractivity contribution in [1.29, 1.82) is 5.26 Å². The second kappa shape index (κ2) is 11.3. The van der Waals surface area contributed by atoms with Crippen LogP contribution in [0.4, 0.5) is 5.82 Å². The largest absolute Gasteiger partial charge is 0.497 e. The van der Waals surface area contributed by atoms with E-state index in [9.17, 15) is 4.79 Å². The molecule has 5 rings (SSSR count). The van der Waals surface area contributed by atoms with E-state index >= 15 is 0 Å². The Hall–Kier alpha value is -4.15. The number of carbonyl (C=O) groups excluding carboxylic acids is 1. The van der Waals surface area contributed by atoms with Crippen molar-refractivity contribution < 1.29 is 9.53 Å². The van der Waals surface area contributed by atoms with Gasteiger partial charge in [0.2, 0.25) is 5.91 Å². The van der Waals surface area contributed by atoms with Crippen molar-refractivity contribution in [3.63, 3.8) is 0 Å². The van der Waals surface area contributed by atoms with Crippen LogP contribution in [0.25, 0.3) is 22.0 Å². The number of aromatic nitrogens is 2. The van der Waals surface area contributed by atoms with Crippen LogP contribution in [0.1, 0.15) is 18.1 Å². The van der Waals surface area contributed by atoms with E-state index in [1.807, 2.05) is 53.4 Å². The molecule has 8 heteroatoms. The van der Waals surface area contributed by atoms with Crippen LogP contribution in [0.5, 0.6) is 5.75 Å². The Balaban J connectivity index is 0.00000320. The molecule has 1 saturated heterocycles. The fourth-order valence-corrected chi connectivity index (χ4v) is 4.78. The molecule has 188 valence electrons. The molecule has 1 aliphatic rings. The molecule has 0 aliphatic carbocycles. The summed E-state index contributed by atoms with van der Waals surface area (Å²) in [5, 5.41) is 20.3. The highest BCUT2D eigenvalue weighted by atomic mass is 35.5. The van der Waals surface area contributed by atoms with Crippen molar-refractivity contribution >= 4 is 34.9 Å². The monoisotopic (exact) mass is 513 g/mol. The number of ether oxygens (including phenoxy) is 1. The van der Waals surface area contributed by atoms with Gasteiger partial charge in [0.25, 0.3) is 0 Å². The topological polar surface area (TPSA) is 82.4 Å². The molecule has 1 aliphatic heterocycles. The Kier molecular flexibility index (Phi) is 7.90. The highest BCUT2D eigenvalue weighted by Crippen LogP contribution is 2.33. The number of nitriles is 1. The normalized spacial score (nSPS) is 15.1. The number of piperazine rings is 1. The summed E-state index contributed by atoms with van der Waals surface area (Å²) in [6.45, 7) is 4.06. The lowest BCUT2D eigenvalue weighted by Gasteiger charge is -2.40. The smallest absolute Gasteiger partial charge is 0.227 e. The Morgan fingerprint density at radius 1 is 1.00 bits per heavy atom. The summed E-state index contributed by atoms with van der Waals surface area (Å²) in [4.78, 5) is 17.2. The number of methoxy groups -OCH3 is 1. The number of carbonyl (C=O) groups is 1. The van der Waals surface area contributed by atoms with Crippen LogP contribution >= 0.6 is 12.4 Å². The van der Waals surface area contributed by atoms with E-state index < -0.39 is 0 Å². The fraction of sp³-hybridized carbons (Fsp3) is 0.241. The Bertz CT molecular complexity index is 1430. The summed E-state index contributed by atoms with van der Waals surface area (Å²) in [6, 6.07) is 25.4. The van der Waals surface area contributed by atoms with Gasteiger partial charge in [0, 0.05) is 42.0 Å². The summed E-state index contributed by atoms with van der Waals surface area (Å²) in [6.07, 6.45) is 0.329. The fourth-order valence-electron chi connectivity index (χ4n) is 4.78. The predicted molar refractivity (Wildman–Crippen MR) is 147 cm³/mol. The standard InChI is InChI=1S/C29H27N5O2.ClH/c1-20-19-33(15-16-34(20)27(35)17-21-7-9-22(18-30)10-8-21)29-26-6-4-3-5-25(26)28(31-32-29)23-11-13-24(36-2)14-12-23;/h3-14,20H,15-17,19H2,1-2H3;1H/t20-;/m0./s1. The summed E-state index contributed by atoms with van der Waals surface area (Å²) in [5.74, 6) is 1.74. The number of anilines is 1. The first-order valence-electron chi connectivity index (χ1n) is 12.0. The minimum Gasteiger partial charge on any atom is -0.497 e. The van der Waals surface area contributed by atoms with E-state index in [4.69, 9.17) is 10.00 Å². The first kappa shape index (κ1) is 25.9. The second-order valence-corrected chi connectivity index (χ2v) is 9.01. The summed E-state index contributed by atoms with van der Waals surface area (Å²) in [5.41, 5.74) is 3.33. The number of rotatable bonds is 5. The number of hydrogen-bond donors (Lipinski definition) is 0. The van der Waals surface area contributed by atoms with Gasteiger partial charge < -0.3 is 14.5 Å². The van der Waals surface area contributed by atoms with Gasteiger partial charge >= 0.3 is 0 Å². The van der Waals surface area contributed by atoms with Crippen LogP contribution in [-0.2, 0) is 11.2 Å². The maximum atomic E-state index is 13.0. The lowest BCUT2D eigenvalue weighted by Crippen LogP contribution is -2.54. The molecular formula is C29H28ClN5O2. The molecule has 37 heavy (non-hydrogen) atoms. The third-order valence-electron chi connectivity index (χ3n) is 6.72. The Morgan fingerprint density at radius 3 is 2.35 bits per heavy atom. The maximum absolute atomic E-state index is 13.0. The van der Waals surface area contributed by atoms with Crippen LogP contribution in [-0.4, -0.2) is 53.8 Å². The predicted octanol–water partition coefficient (Wildman–Crippen LogP) is 4.88. The summed E-state index contributed by atoms with van der Waals surface area (Å²) < 4.78 is 5.29. The number of amides is 1. The van der Waals surface area contributed by atoms with Crippen LogP contribution < -0.4 is 9.64 Å². The number of hydrogen-bond acceptors (Lipinski definition) is 6. The quantitative estimate of drug-likeness (QED) is 0.378. The van der Waals surface area contributed by atoms with Crippen molar-refractivity contribution in [1.82, 2.24) is 15.1 Å². The van der Waals surface area contributed by atoms with Crippen LogP contribution in [0.2, 0.25) is 0 Å². The van der Waals surface area contributed by atoms with Gasteiger partial charge in [-0.3, -0.25) is 4.79 Å². The summed E-state index contributed by atoms with van der Waals surface area (Å²) >= 11 is 0. The van der Waals surface area contributed by atoms with Crippen molar-refractivity contribution in [3.8, 4) is 23.1 Å². The molecule has 1 aromatic heterocycles.